The number of fused-ring (bicyclic) bond motifs is 1. The van der Waals surface area contributed by atoms with Gasteiger partial charge in [0.1, 0.15) is 0 Å². The van der Waals surface area contributed by atoms with E-state index >= 15 is 0 Å². The molecule has 0 spiro atoms. The lowest BCUT2D eigenvalue weighted by molar-refractivity contribution is -0.111. The van der Waals surface area contributed by atoms with E-state index in [0.717, 1.165) is 34.0 Å². The highest BCUT2D eigenvalue weighted by atomic mass is 32.1. The Labute approximate surface area is 207 Å². The number of aromatic nitrogens is 3. The first-order chi connectivity index (χ1) is 17.2. The summed E-state index contributed by atoms with van der Waals surface area (Å²) in [6, 6.07) is 25.2. The molecule has 0 aliphatic carbocycles. The van der Waals surface area contributed by atoms with Gasteiger partial charge in [0.15, 0.2) is 5.13 Å². The second-order valence-corrected chi connectivity index (χ2v) is 8.92. The topological polar surface area (TPSA) is 70.7 Å². The summed E-state index contributed by atoms with van der Waals surface area (Å²) in [5.74, 6) is -0.199. The smallest absolute Gasteiger partial charge is 0.250 e. The van der Waals surface area contributed by atoms with Crippen LogP contribution in [0.3, 0.4) is 0 Å². The summed E-state index contributed by atoms with van der Waals surface area (Å²) in [6.45, 7) is 2.19. The van der Waals surface area contributed by atoms with Crippen LogP contribution in [0.2, 0.25) is 0 Å². The molecule has 2 N–H and O–H groups in total. The highest BCUT2D eigenvalue weighted by Gasteiger charge is 2.14. The van der Waals surface area contributed by atoms with Crippen molar-refractivity contribution in [2.75, 3.05) is 5.32 Å². The van der Waals surface area contributed by atoms with E-state index in [2.05, 4.69) is 82.0 Å². The number of hydrogen-bond donors (Lipinski definition) is 2. The largest absolute Gasteiger partial charge is 0.298 e. The molecule has 1 amide bonds. The van der Waals surface area contributed by atoms with Crippen molar-refractivity contribution in [1.82, 2.24) is 15.2 Å². The zero-order chi connectivity index (χ0) is 24.0. The summed E-state index contributed by atoms with van der Waals surface area (Å²) in [4.78, 5) is 16.2. The predicted octanol–water partition coefficient (Wildman–Crippen LogP) is 7.04. The minimum Gasteiger partial charge on any atom is -0.298 e. The molecule has 5 rings (SSSR count). The Hall–Kier alpha value is -4.29. The number of aromatic amines is 1. The number of thiazole rings is 1. The van der Waals surface area contributed by atoms with Gasteiger partial charge in [-0.05, 0) is 58.0 Å². The molecule has 0 saturated carbocycles. The number of rotatable bonds is 7. The van der Waals surface area contributed by atoms with Crippen molar-refractivity contribution in [1.29, 1.82) is 0 Å². The van der Waals surface area contributed by atoms with Gasteiger partial charge in [-0.1, -0.05) is 67.6 Å². The molecule has 2 heterocycles. The monoisotopic (exact) mass is 476 g/mol. The molecule has 3 aromatic carbocycles. The molecular formula is C29H24N4OS. The van der Waals surface area contributed by atoms with E-state index in [9.17, 15) is 4.79 Å². The minimum atomic E-state index is -0.199. The highest BCUT2D eigenvalue weighted by molar-refractivity contribution is 7.13. The van der Waals surface area contributed by atoms with Crippen LogP contribution in [0.5, 0.6) is 0 Å². The number of amides is 1. The Morgan fingerprint density at radius 3 is 2.54 bits per heavy atom. The molecule has 0 aliphatic rings. The van der Waals surface area contributed by atoms with Gasteiger partial charge in [0.2, 0.25) is 5.91 Å². The first-order valence-electron chi connectivity index (χ1n) is 11.4. The number of nitrogens with one attached hydrogen (secondary N) is 2. The second kappa shape index (κ2) is 10.3. The van der Waals surface area contributed by atoms with Crippen LogP contribution in [0.4, 0.5) is 5.13 Å². The van der Waals surface area contributed by atoms with Crippen molar-refractivity contribution >= 4 is 50.5 Å². The molecule has 0 saturated heterocycles. The molecule has 5 aromatic rings. The van der Waals surface area contributed by atoms with Gasteiger partial charge in [-0.2, -0.15) is 5.10 Å². The van der Waals surface area contributed by atoms with E-state index in [0.29, 0.717) is 5.13 Å². The van der Waals surface area contributed by atoms with E-state index in [1.807, 2.05) is 35.9 Å². The van der Waals surface area contributed by atoms with Crippen molar-refractivity contribution in [3.63, 3.8) is 0 Å². The van der Waals surface area contributed by atoms with Gasteiger partial charge in [0.05, 0.1) is 11.7 Å². The number of nitrogens with zero attached hydrogens (tertiary/aromatic N) is 2. The van der Waals surface area contributed by atoms with Gasteiger partial charge in [0, 0.05) is 23.0 Å². The maximum atomic E-state index is 12.2. The molecule has 2 aromatic heterocycles. The van der Waals surface area contributed by atoms with E-state index in [1.165, 1.54) is 34.1 Å². The van der Waals surface area contributed by atoms with Crippen molar-refractivity contribution < 1.29 is 4.79 Å². The van der Waals surface area contributed by atoms with Crippen molar-refractivity contribution in [2.24, 2.45) is 0 Å². The van der Waals surface area contributed by atoms with Crippen LogP contribution in [-0.4, -0.2) is 21.1 Å². The number of hydrogen-bond acceptors (Lipinski definition) is 4. The van der Waals surface area contributed by atoms with Gasteiger partial charge >= 0.3 is 0 Å². The zero-order valence-electron chi connectivity index (χ0n) is 19.2. The maximum absolute atomic E-state index is 12.2. The van der Waals surface area contributed by atoms with Gasteiger partial charge in [-0.25, -0.2) is 4.98 Å². The summed E-state index contributed by atoms with van der Waals surface area (Å²) in [5, 5.41) is 13.5. The summed E-state index contributed by atoms with van der Waals surface area (Å²) >= 11 is 1.39. The zero-order valence-corrected chi connectivity index (χ0v) is 20.0. The maximum Gasteiger partial charge on any atom is 0.250 e. The van der Waals surface area contributed by atoms with Gasteiger partial charge in [-0.3, -0.25) is 15.2 Å². The van der Waals surface area contributed by atoms with Gasteiger partial charge < -0.3 is 0 Å². The number of carbonyl (C=O) groups is 1. The number of benzene rings is 3. The first-order valence-corrected chi connectivity index (χ1v) is 12.3. The molecular weight excluding hydrogens is 452 g/mol. The third kappa shape index (κ3) is 5.13. The summed E-state index contributed by atoms with van der Waals surface area (Å²) < 4.78 is 0. The Morgan fingerprint density at radius 1 is 1.00 bits per heavy atom. The van der Waals surface area contributed by atoms with Crippen LogP contribution in [0.15, 0.2) is 96.6 Å². The summed E-state index contributed by atoms with van der Waals surface area (Å²) in [6.07, 6.45) is 7.75. The van der Waals surface area contributed by atoms with Crippen molar-refractivity contribution in [2.45, 2.75) is 13.3 Å². The fraction of sp³-hybridized carbons (Fsp3) is 0.0690. The Bertz CT molecular complexity index is 1500. The van der Waals surface area contributed by atoms with Gasteiger partial charge in [-0.15, -0.1) is 11.3 Å². The van der Waals surface area contributed by atoms with Crippen LogP contribution in [0.25, 0.3) is 28.1 Å². The third-order valence-corrected chi connectivity index (χ3v) is 6.48. The number of carbonyl (C=O) groups excluding carboxylic acids is 1. The van der Waals surface area contributed by atoms with Crippen LogP contribution in [0, 0.1) is 0 Å². The van der Waals surface area contributed by atoms with E-state index in [-0.39, 0.29) is 5.91 Å². The Balaban J connectivity index is 1.51. The molecule has 0 unspecified atom stereocenters. The molecule has 35 heavy (non-hydrogen) atoms. The lowest BCUT2D eigenvalue weighted by atomic mass is 9.87. The normalized spacial score (nSPS) is 12.1. The van der Waals surface area contributed by atoms with Gasteiger partial charge in [0.25, 0.3) is 0 Å². The fourth-order valence-corrected chi connectivity index (χ4v) is 4.67. The number of allylic oxidation sites excluding steroid dienone is 1. The quantitative estimate of drug-likeness (QED) is 0.195. The molecule has 0 fully saturated rings. The highest BCUT2D eigenvalue weighted by Crippen LogP contribution is 2.35. The lowest BCUT2D eigenvalue weighted by Gasteiger charge is -2.17. The second-order valence-electron chi connectivity index (χ2n) is 8.03. The Kier molecular flexibility index (Phi) is 6.63. The molecule has 0 atom stereocenters. The van der Waals surface area contributed by atoms with Crippen LogP contribution in [0.1, 0.15) is 35.6 Å². The SMILES string of the molecule is CCC(=C(c1ccc(C=CC(=O)Nc2nccs2)cc1)c1ccc2[nH]ncc2c1)c1ccccc1. The summed E-state index contributed by atoms with van der Waals surface area (Å²) in [7, 11) is 0. The van der Waals surface area contributed by atoms with Crippen LogP contribution >= 0.6 is 11.3 Å². The first kappa shape index (κ1) is 22.5. The molecule has 0 radical (unpaired) electrons. The van der Waals surface area contributed by atoms with E-state index in [4.69, 9.17) is 0 Å². The Morgan fingerprint density at radius 2 is 1.80 bits per heavy atom. The number of anilines is 1. The minimum absolute atomic E-state index is 0.199. The average molecular weight is 477 g/mol. The molecule has 172 valence electrons. The molecule has 6 heteroatoms. The standard InChI is InChI=1S/C29H24N4OS/c1-2-25(21-6-4-3-5-7-21)28(23-13-14-26-24(18-23)19-31-33-26)22-11-8-20(9-12-22)10-15-27(34)32-29-30-16-17-35-29/h3-19H,2H2,1H3,(H,31,33)(H,30,32,34). The fourth-order valence-electron chi connectivity index (χ4n) is 4.14. The predicted molar refractivity (Wildman–Crippen MR) is 145 cm³/mol. The molecule has 5 nitrogen and oxygen atoms in total. The van der Waals surface area contributed by atoms with Crippen molar-refractivity contribution in [3.8, 4) is 0 Å². The van der Waals surface area contributed by atoms with E-state index in [1.54, 1.807) is 6.20 Å². The molecule has 0 aliphatic heterocycles. The van der Waals surface area contributed by atoms with Crippen molar-refractivity contribution in [3.05, 3.63) is 119 Å². The lowest BCUT2D eigenvalue weighted by Crippen LogP contribution is -2.07. The molecule has 0 bridgehead atoms. The van der Waals surface area contributed by atoms with E-state index < -0.39 is 0 Å². The van der Waals surface area contributed by atoms with Crippen LogP contribution in [-0.2, 0) is 4.79 Å². The average Bonchev–Trinajstić information content (AvgIpc) is 3.58. The van der Waals surface area contributed by atoms with Crippen LogP contribution < -0.4 is 5.32 Å². The number of H-pyrrole nitrogens is 1. The third-order valence-electron chi connectivity index (χ3n) is 5.80. The summed E-state index contributed by atoms with van der Waals surface area (Å²) in [5.41, 5.74) is 7.91.